The van der Waals surface area contributed by atoms with E-state index in [-0.39, 0.29) is 5.19 Å². The lowest BCUT2D eigenvalue weighted by molar-refractivity contribution is 0.470. The van der Waals surface area contributed by atoms with Crippen LogP contribution in [0.25, 0.3) is 0 Å². The average Bonchev–Trinajstić information content (AvgIpc) is 2.37. The van der Waals surface area contributed by atoms with Gasteiger partial charge >= 0.3 is 0 Å². The van der Waals surface area contributed by atoms with Gasteiger partial charge in [-0.3, -0.25) is 0 Å². The van der Waals surface area contributed by atoms with Crippen molar-refractivity contribution < 1.29 is 5.11 Å². The molecule has 0 aliphatic carbocycles. The SMILES string of the molecule is NCCSCc1csc(O)n1. The Balaban J connectivity index is 2.27. The minimum Gasteiger partial charge on any atom is -0.486 e. The molecular weight excluding hydrogens is 180 g/mol. The Morgan fingerprint density at radius 1 is 1.73 bits per heavy atom. The van der Waals surface area contributed by atoms with Gasteiger partial charge in [0.2, 0.25) is 0 Å². The molecule has 0 amide bonds. The first-order valence-corrected chi connectivity index (χ1v) is 5.27. The van der Waals surface area contributed by atoms with Crippen LogP contribution in [-0.2, 0) is 5.75 Å². The average molecular weight is 190 g/mol. The molecule has 1 aromatic rings. The third-order valence-corrected chi connectivity index (χ3v) is 2.77. The third kappa shape index (κ3) is 3.09. The Morgan fingerprint density at radius 2 is 2.55 bits per heavy atom. The van der Waals surface area contributed by atoms with Crippen LogP contribution in [0.15, 0.2) is 5.38 Å². The van der Waals surface area contributed by atoms with Gasteiger partial charge in [0.15, 0.2) is 0 Å². The number of nitrogens with zero attached hydrogens (tertiary/aromatic N) is 1. The summed E-state index contributed by atoms with van der Waals surface area (Å²) in [7, 11) is 0. The highest BCUT2D eigenvalue weighted by molar-refractivity contribution is 7.98. The fraction of sp³-hybridized carbons (Fsp3) is 0.500. The smallest absolute Gasteiger partial charge is 0.270 e. The van der Waals surface area contributed by atoms with Gasteiger partial charge in [0.05, 0.1) is 5.69 Å². The van der Waals surface area contributed by atoms with Gasteiger partial charge in [-0.2, -0.15) is 11.8 Å². The summed E-state index contributed by atoms with van der Waals surface area (Å²) >= 11 is 2.99. The summed E-state index contributed by atoms with van der Waals surface area (Å²) in [6.45, 7) is 0.695. The zero-order valence-corrected chi connectivity index (χ0v) is 7.62. The Kier molecular flexibility index (Phi) is 3.68. The van der Waals surface area contributed by atoms with E-state index in [2.05, 4.69) is 4.98 Å². The topological polar surface area (TPSA) is 59.1 Å². The van der Waals surface area contributed by atoms with Gasteiger partial charge in [-0.15, -0.1) is 0 Å². The van der Waals surface area contributed by atoms with E-state index in [1.54, 1.807) is 11.8 Å². The zero-order chi connectivity index (χ0) is 8.10. The number of nitrogens with two attached hydrogens (primary N) is 1. The van der Waals surface area contributed by atoms with E-state index in [0.29, 0.717) is 6.54 Å². The molecule has 0 aromatic carbocycles. The second kappa shape index (κ2) is 4.58. The first kappa shape index (κ1) is 8.83. The quantitative estimate of drug-likeness (QED) is 0.696. The summed E-state index contributed by atoms with van der Waals surface area (Å²) in [4.78, 5) is 3.89. The number of thiazole rings is 1. The summed E-state index contributed by atoms with van der Waals surface area (Å²) in [5, 5.41) is 10.9. The van der Waals surface area contributed by atoms with Gasteiger partial charge in [-0.05, 0) is 0 Å². The molecule has 0 aliphatic heterocycles. The highest BCUT2D eigenvalue weighted by Gasteiger charge is 1.98. The summed E-state index contributed by atoms with van der Waals surface area (Å²) < 4.78 is 0. The van der Waals surface area contributed by atoms with Crippen molar-refractivity contribution in [1.29, 1.82) is 0 Å². The van der Waals surface area contributed by atoms with Crippen LogP contribution in [0.2, 0.25) is 0 Å². The van der Waals surface area contributed by atoms with Gasteiger partial charge in [-0.1, -0.05) is 11.3 Å². The van der Waals surface area contributed by atoms with E-state index in [4.69, 9.17) is 10.8 Å². The molecule has 5 heteroatoms. The van der Waals surface area contributed by atoms with Crippen LogP contribution in [0.4, 0.5) is 0 Å². The van der Waals surface area contributed by atoms with Crippen molar-refractivity contribution in [2.24, 2.45) is 5.73 Å². The molecule has 0 unspecified atom stereocenters. The highest BCUT2D eigenvalue weighted by Crippen LogP contribution is 2.19. The van der Waals surface area contributed by atoms with Crippen LogP contribution in [0.3, 0.4) is 0 Å². The Morgan fingerprint density at radius 3 is 3.09 bits per heavy atom. The van der Waals surface area contributed by atoms with Crippen LogP contribution in [0, 0.1) is 0 Å². The van der Waals surface area contributed by atoms with Gasteiger partial charge in [0, 0.05) is 23.4 Å². The Labute approximate surface area is 73.6 Å². The van der Waals surface area contributed by atoms with Gasteiger partial charge < -0.3 is 10.8 Å². The fourth-order valence-electron chi connectivity index (χ4n) is 0.623. The Bertz CT molecular complexity index is 214. The molecule has 1 heterocycles. The number of hydrogen-bond acceptors (Lipinski definition) is 5. The van der Waals surface area contributed by atoms with Crippen LogP contribution in [0.5, 0.6) is 5.19 Å². The molecule has 3 N–H and O–H groups in total. The van der Waals surface area contributed by atoms with Gasteiger partial charge in [0.1, 0.15) is 0 Å². The monoisotopic (exact) mass is 190 g/mol. The van der Waals surface area contributed by atoms with Crippen molar-refractivity contribution in [3.05, 3.63) is 11.1 Å². The van der Waals surface area contributed by atoms with E-state index >= 15 is 0 Å². The van der Waals surface area contributed by atoms with E-state index in [1.165, 1.54) is 11.3 Å². The van der Waals surface area contributed by atoms with Crippen LogP contribution < -0.4 is 5.73 Å². The molecule has 11 heavy (non-hydrogen) atoms. The third-order valence-electron chi connectivity index (χ3n) is 1.05. The maximum absolute atomic E-state index is 8.88. The number of aromatic hydroxyl groups is 1. The molecule has 0 saturated heterocycles. The minimum absolute atomic E-state index is 0.147. The maximum Gasteiger partial charge on any atom is 0.270 e. The van der Waals surface area contributed by atoms with E-state index in [9.17, 15) is 0 Å². The van der Waals surface area contributed by atoms with E-state index < -0.39 is 0 Å². The summed E-state index contributed by atoms with van der Waals surface area (Å²) in [6.07, 6.45) is 0. The molecule has 1 aromatic heterocycles. The second-order valence-electron chi connectivity index (χ2n) is 1.96. The standard InChI is InChI=1S/C6H10N2OS2/c7-1-2-10-3-5-4-11-6(9)8-5/h4H,1-3,7H2,(H,8,9). The maximum atomic E-state index is 8.88. The number of hydrogen-bond donors (Lipinski definition) is 2. The predicted octanol–water partition coefficient (Wildman–Crippen LogP) is 1.04. The molecule has 0 saturated carbocycles. The molecule has 0 aliphatic rings. The molecular formula is C6H10N2OS2. The Hall–Kier alpha value is -0.260. The lowest BCUT2D eigenvalue weighted by Gasteiger charge is -1.93. The number of aromatic nitrogens is 1. The molecule has 3 nitrogen and oxygen atoms in total. The summed E-state index contributed by atoms with van der Waals surface area (Å²) in [5.41, 5.74) is 6.25. The summed E-state index contributed by atoms with van der Waals surface area (Å²) in [6, 6.07) is 0. The van der Waals surface area contributed by atoms with Crippen LogP contribution in [-0.4, -0.2) is 22.4 Å². The summed E-state index contributed by atoms with van der Waals surface area (Å²) in [5.74, 6) is 1.78. The van der Waals surface area contributed by atoms with Crippen molar-refractivity contribution >= 4 is 23.1 Å². The fourth-order valence-corrected chi connectivity index (χ4v) is 1.94. The normalized spacial score (nSPS) is 10.3. The van der Waals surface area contributed by atoms with Gasteiger partial charge in [-0.25, -0.2) is 4.98 Å². The van der Waals surface area contributed by atoms with Crippen LogP contribution in [0.1, 0.15) is 5.69 Å². The molecule has 0 fully saturated rings. The van der Waals surface area contributed by atoms with Crippen LogP contribution >= 0.6 is 23.1 Å². The van der Waals surface area contributed by atoms with Crippen molar-refractivity contribution in [1.82, 2.24) is 4.98 Å². The van der Waals surface area contributed by atoms with Gasteiger partial charge in [0.25, 0.3) is 5.19 Å². The molecule has 0 radical (unpaired) electrons. The van der Waals surface area contributed by atoms with Crippen molar-refractivity contribution in [2.75, 3.05) is 12.3 Å². The molecule has 0 bridgehead atoms. The van der Waals surface area contributed by atoms with E-state index in [0.717, 1.165) is 17.2 Å². The van der Waals surface area contributed by atoms with Crippen molar-refractivity contribution in [2.45, 2.75) is 5.75 Å². The molecule has 62 valence electrons. The molecule has 0 spiro atoms. The first-order chi connectivity index (χ1) is 5.33. The van der Waals surface area contributed by atoms with Crippen molar-refractivity contribution in [3.8, 4) is 5.19 Å². The number of rotatable bonds is 4. The first-order valence-electron chi connectivity index (χ1n) is 3.24. The molecule has 1 rings (SSSR count). The number of thioether (sulfide) groups is 1. The largest absolute Gasteiger partial charge is 0.486 e. The van der Waals surface area contributed by atoms with Crippen molar-refractivity contribution in [3.63, 3.8) is 0 Å². The van der Waals surface area contributed by atoms with E-state index in [1.807, 2.05) is 5.38 Å². The minimum atomic E-state index is 0.147. The molecule has 0 atom stereocenters. The zero-order valence-electron chi connectivity index (χ0n) is 5.99. The lowest BCUT2D eigenvalue weighted by atomic mass is 10.6. The predicted molar refractivity (Wildman–Crippen MR) is 49.0 cm³/mol. The lowest BCUT2D eigenvalue weighted by Crippen LogP contribution is -2.01. The second-order valence-corrected chi connectivity index (χ2v) is 3.90. The highest BCUT2D eigenvalue weighted by atomic mass is 32.2.